The van der Waals surface area contributed by atoms with Crippen molar-refractivity contribution in [1.29, 1.82) is 0 Å². The molecule has 96 valence electrons. The van der Waals surface area contributed by atoms with Gasteiger partial charge in [0.1, 0.15) is 0 Å². The highest BCUT2D eigenvalue weighted by molar-refractivity contribution is 4.79. The molecule has 0 spiro atoms. The lowest BCUT2D eigenvalue weighted by molar-refractivity contribution is 0.146. The highest BCUT2D eigenvalue weighted by Crippen LogP contribution is 2.21. The predicted molar refractivity (Wildman–Crippen MR) is 71.8 cm³/mol. The molecule has 0 aromatic carbocycles. The summed E-state index contributed by atoms with van der Waals surface area (Å²) in [6.45, 7) is 10.9. The smallest absolute Gasteiger partial charge is 0.00649 e. The summed E-state index contributed by atoms with van der Waals surface area (Å²) in [5, 5.41) is 3.39. The van der Waals surface area contributed by atoms with Gasteiger partial charge < -0.3 is 10.2 Å². The van der Waals surface area contributed by atoms with Crippen LogP contribution in [0.2, 0.25) is 0 Å². The Kier molecular flexibility index (Phi) is 6.37. The molecule has 1 fully saturated rings. The van der Waals surface area contributed by atoms with E-state index in [9.17, 15) is 0 Å². The Morgan fingerprint density at radius 1 is 1.25 bits per heavy atom. The SMILES string of the molecule is CCCC(C)CN1CCC(C(C)NC)CC1. The zero-order valence-electron chi connectivity index (χ0n) is 11.6. The van der Waals surface area contributed by atoms with Gasteiger partial charge in [-0.1, -0.05) is 20.3 Å². The molecule has 1 aliphatic heterocycles. The van der Waals surface area contributed by atoms with Crippen molar-refractivity contribution in [1.82, 2.24) is 10.2 Å². The molecule has 1 aliphatic rings. The minimum Gasteiger partial charge on any atom is -0.317 e. The topological polar surface area (TPSA) is 15.3 Å². The first-order chi connectivity index (χ1) is 7.67. The Morgan fingerprint density at radius 2 is 1.88 bits per heavy atom. The van der Waals surface area contributed by atoms with Crippen LogP contribution in [-0.2, 0) is 0 Å². The fourth-order valence-electron chi connectivity index (χ4n) is 2.90. The summed E-state index contributed by atoms with van der Waals surface area (Å²) in [7, 11) is 2.08. The van der Waals surface area contributed by atoms with Gasteiger partial charge in [-0.25, -0.2) is 0 Å². The van der Waals surface area contributed by atoms with Gasteiger partial charge >= 0.3 is 0 Å². The van der Waals surface area contributed by atoms with Crippen LogP contribution in [0.5, 0.6) is 0 Å². The van der Waals surface area contributed by atoms with E-state index in [0.717, 1.165) is 11.8 Å². The summed E-state index contributed by atoms with van der Waals surface area (Å²) >= 11 is 0. The first-order valence-electron chi connectivity index (χ1n) is 7.07. The molecule has 0 aromatic rings. The maximum atomic E-state index is 3.39. The van der Waals surface area contributed by atoms with Crippen molar-refractivity contribution in [3.05, 3.63) is 0 Å². The molecule has 16 heavy (non-hydrogen) atoms. The van der Waals surface area contributed by atoms with Gasteiger partial charge in [0.05, 0.1) is 0 Å². The average Bonchev–Trinajstić information content (AvgIpc) is 2.29. The van der Waals surface area contributed by atoms with Crippen LogP contribution < -0.4 is 5.32 Å². The largest absolute Gasteiger partial charge is 0.317 e. The van der Waals surface area contributed by atoms with Crippen molar-refractivity contribution in [2.24, 2.45) is 11.8 Å². The van der Waals surface area contributed by atoms with E-state index in [1.165, 1.54) is 45.3 Å². The second-order valence-electron chi connectivity index (χ2n) is 5.61. The van der Waals surface area contributed by atoms with E-state index in [0.29, 0.717) is 6.04 Å². The predicted octanol–water partition coefficient (Wildman–Crippen LogP) is 2.74. The van der Waals surface area contributed by atoms with Crippen LogP contribution in [0.15, 0.2) is 0 Å². The van der Waals surface area contributed by atoms with Gasteiger partial charge in [-0.2, -0.15) is 0 Å². The molecule has 2 heteroatoms. The van der Waals surface area contributed by atoms with E-state index in [1.807, 2.05) is 0 Å². The Balaban J connectivity index is 2.21. The molecule has 0 saturated carbocycles. The fourth-order valence-corrected chi connectivity index (χ4v) is 2.90. The number of nitrogens with zero attached hydrogens (tertiary/aromatic N) is 1. The molecule has 0 amide bonds. The van der Waals surface area contributed by atoms with Crippen LogP contribution in [0.3, 0.4) is 0 Å². The Labute approximate surface area is 102 Å². The Morgan fingerprint density at radius 3 is 2.38 bits per heavy atom. The van der Waals surface area contributed by atoms with E-state index >= 15 is 0 Å². The molecule has 1 rings (SSSR count). The van der Waals surface area contributed by atoms with Crippen LogP contribution in [0.1, 0.15) is 46.5 Å². The first-order valence-corrected chi connectivity index (χ1v) is 7.07. The molecule has 0 aliphatic carbocycles. The zero-order chi connectivity index (χ0) is 12.0. The summed E-state index contributed by atoms with van der Waals surface area (Å²) in [5.74, 6) is 1.77. The molecule has 2 unspecified atom stereocenters. The summed E-state index contributed by atoms with van der Waals surface area (Å²) in [4.78, 5) is 2.67. The van der Waals surface area contributed by atoms with Crippen molar-refractivity contribution >= 4 is 0 Å². The number of likely N-dealkylation sites (tertiary alicyclic amines) is 1. The normalized spacial score (nSPS) is 23.2. The second-order valence-corrected chi connectivity index (χ2v) is 5.61. The molecule has 0 aromatic heterocycles. The van der Waals surface area contributed by atoms with Crippen molar-refractivity contribution in [2.75, 3.05) is 26.7 Å². The Hall–Kier alpha value is -0.0800. The summed E-state index contributed by atoms with van der Waals surface area (Å²) in [6, 6.07) is 0.690. The average molecular weight is 226 g/mol. The molecule has 1 N–H and O–H groups in total. The number of rotatable bonds is 6. The van der Waals surface area contributed by atoms with E-state index < -0.39 is 0 Å². The van der Waals surface area contributed by atoms with E-state index in [2.05, 4.69) is 38.0 Å². The van der Waals surface area contributed by atoms with Crippen molar-refractivity contribution in [3.63, 3.8) is 0 Å². The van der Waals surface area contributed by atoms with Crippen LogP contribution in [-0.4, -0.2) is 37.6 Å². The molecule has 0 radical (unpaired) electrons. The van der Waals surface area contributed by atoms with E-state index in [-0.39, 0.29) is 0 Å². The third kappa shape index (κ3) is 4.42. The second kappa shape index (κ2) is 7.29. The van der Waals surface area contributed by atoms with Crippen molar-refractivity contribution in [3.8, 4) is 0 Å². The van der Waals surface area contributed by atoms with Gasteiger partial charge in [0.15, 0.2) is 0 Å². The molecular weight excluding hydrogens is 196 g/mol. The third-order valence-electron chi connectivity index (χ3n) is 4.15. The molecule has 1 saturated heterocycles. The molecular formula is C14H30N2. The quantitative estimate of drug-likeness (QED) is 0.749. The molecule has 0 bridgehead atoms. The highest BCUT2D eigenvalue weighted by Gasteiger charge is 2.23. The highest BCUT2D eigenvalue weighted by atomic mass is 15.1. The van der Waals surface area contributed by atoms with Gasteiger partial charge in [-0.15, -0.1) is 0 Å². The number of hydrogen-bond acceptors (Lipinski definition) is 2. The Bertz CT molecular complexity index is 174. The standard InChI is InChI=1S/C14H30N2/c1-5-6-12(2)11-16-9-7-14(8-10-16)13(3)15-4/h12-15H,5-11H2,1-4H3. The molecule has 2 nitrogen and oxygen atoms in total. The summed E-state index contributed by atoms with van der Waals surface area (Å²) in [5.41, 5.74) is 0. The fraction of sp³-hybridized carbons (Fsp3) is 1.00. The minimum atomic E-state index is 0.690. The number of hydrogen-bond donors (Lipinski definition) is 1. The van der Waals surface area contributed by atoms with Gasteiger partial charge in [0, 0.05) is 12.6 Å². The zero-order valence-corrected chi connectivity index (χ0v) is 11.6. The monoisotopic (exact) mass is 226 g/mol. The van der Waals surface area contributed by atoms with Crippen molar-refractivity contribution < 1.29 is 0 Å². The maximum Gasteiger partial charge on any atom is 0.00649 e. The lowest BCUT2D eigenvalue weighted by Crippen LogP contribution is -2.42. The lowest BCUT2D eigenvalue weighted by Gasteiger charge is -2.36. The van der Waals surface area contributed by atoms with Gasteiger partial charge in [0.2, 0.25) is 0 Å². The van der Waals surface area contributed by atoms with Crippen molar-refractivity contribution in [2.45, 2.75) is 52.5 Å². The molecule has 2 atom stereocenters. The first kappa shape index (κ1) is 14.0. The van der Waals surface area contributed by atoms with Crippen LogP contribution >= 0.6 is 0 Å². The number of piperidine rings is 1. The van der Waals surface area contributed by atoms with Gasteiger partial charge in [0.25, 0.3) is 0 Å². The summed E-state index contributed by atoms with van der Waals surface area (Å²) in [6.07, 6.45) is 5.46. The van der Waals surface area contributed by atoms with Gasteiger partial charge in [-0.05, 0) is 58.2 Å². The maximum absolute atomic E-state index is 3.39. The van der Waals surface area contributed by atoms with E-state index in [1.54, 1.807) is 0 Å². The lowest BCUT2D eigenvalue weighted by atomic mass is 9.90. The minimum absolute atomic E-state index is 0.690. The van der Waals surface area contributed by atoms with E-state index in [4.69, 9.17) is 0 Å². The van der Waals surface area contributed by atoms with Crippen LogP contribution in [0.4, 0.5) is 0 Å². The van der Waals surface area contributed by atoms with Gasteiger partial charge in [-0.3, -0.25) is 0 Å². The molecule has 1 heterocycles. The summed E-state index contributed by atoms with van der Waals surface area (Å²) < 4.78 is 0. The van der Waals surface area contributed by atoms with Crippen LogP contribution in [0, 0.1) is 11.8 Å². The number of nitrogens with one attached hydrogen (secondary N) is 1. The third-order valence-corrected chi connectivity index (χ3v) is 4.15. The van der Waals surface area contributed by atoms with Crippen LogP contribution in [0.25, 0.3) is 0 Å².